The maximum atomic E-state index is 13.3. The molecule has 0 spiro atoms. The molecule has 1 aromatic carbocycles. The van der Waals surface area contributed by atoms with E-state index < -0.39 is 11.8 Å². The van der Waals surface area contributed by atoms with Crippen molar-refractivity contribution in [3.05, 3.63) is 53.2 Å². The van der Waals surface area contributed by atoms with Crippen molar-refractivity contribution in [3.8, 4) is 0 Å². The molecule has 0 unspecified atom stereocenters. The SMILES string of the molecule is Cn1nncc1/C=C/c1cc(C(=O)O)c2ccc(F)cc2n1. The van der Waals surface area contributed by atoms with Crippen LogP contribution in [0, 0.1) is 5.82 Å². The molecule has 3 rings (SSSR count). The van der Waals surface area contributed by atoms with E-state index in [9.17, 15) is 14.3 Å². The Morgan fingerprint density at radius 2 is 2.14 bits per heavy atom. The largest absolute Gasteiger partial charge is 0.478 e. The third-order valence-corrected chi connectivity index (χ3v) is 3.20. The number of carboxylic acid groups (broad SMARTS) is 1. The van der Waals surface area contributed by atoms with Crippen LogP contribution in [-0.4, -0.2) is 31.1 Å². The van der Waals surface area contributed by atoms with Gasteiger partial charge in [0.15, 0.2) is 0 Å². The molecule has 7 heteroatoms. The topological polar surface area (TPSA) is 80.9 Å². The molecule has 0 aliphatic carbocycles. The van der Waals surface area contributed by atoms with E-state index in [-0.39, 0.29) is 5.56 Å². The number of pyridine rings is 1. The Balaban J connectivity index is 2.12. The maximum absolute atomic E-state index is 13.3. The van der Waals surface area contributed by atoms with Gasteiger partial charge in [0.25, 0.3) is 0 Å². The van der Waals surface area contributed by atoms with Gasteiger partial charge in [-0.15, -0.1) is 5.10 Å². The van der Waals surface area contributed by atoms with E-state index in [1.165, 1.54) is 24.3 Å². The molecule has 0 bridgehead atoms. The van der Waals surface area contributed by atoms with E-state index in [4.69, 9.17) is 0 Å². The molecule has 22 heavy (non-hydrogen) atoms. The summed E-state index contributed by atoms with van der Waals surface area (Å²) in [5, 5.41) is 17.2. The highest BCUT2D eigenvalue weighted by atomic mass is 19.1. The zero-order valence-corrected chi connectivity index (χ0v) is 11.6. The number of benzene rings is 1. The first-order valence-electron chi connectivity index (χ1n) is 6.41. The average molecular weight is 298 g/mol. The Bertz CT molecular complexity index is 902. The van der Waals surface area contributed by atoms with E-state index in [1.807, 2.05) is 0 Å². The number of carbonyl (C=O) groups is 1. The molecule has 0 radical (unpaired) electrons. The highest BCUT2D eigenvalue weighted by Crippen LogP contribution is 2.21. The first-order valence-corrected chi connectivity index (χ1v) is 6.41. The van der Waals surface area contributed by atoms with Crippen LogP contribution in [0.4, 0.5) is 4.39 Å². The summed E-state index contributed by atoms with van der Waals surface area (Å²) < 4.78 is 14.9. The summed E-state index contributed by atoms with van der Waals surface area (Å²) in [7, 11) is 1.73. The summed E-state index contributed by atoms with van der Waals surface area (Å²) in [5.74, 6) is -1.55. The molecule has 6 nitrogen and oxygen atoms in total. The van der Waals surface area contributed by atoms with Crippen molar-refractivity contribution in [1.29, 1.82) is 0 Å². The number of aromatic carboxylic acids is 1. The minimum Gasteiger partial charge on any atom is -0.478 e. The van der Waals surface area contributed by atoms with E-state index in [0.29, 0.717) is 16.6 Å². The number of hydrogen-bond donors (Lipinski definition) is 1. The van der Waals surface area contributed by atoms with Gasteiger partial charge in [0.05, 0.1) is 28.7 Å². The maximum Gasteiger partial charge on any atom is 0.336 e. The highest BCUT2D eigenvalue weighted by molar-refractivity contribution is 6.03. The van der Waals surface area contributed by atoms with E-state index in [2.05, 4.69) is 15.3 Å². The van der Waals surface area contributed by atoms with Crippen LogP contribution in [0.5, 0.6) is 0 Å². The molecule has 110 valence electrons. The van der Waals surface area contributed by atoms with Crippen LogP contribution in [-0.2, 0) is 7.05 Å². The number of aryl methyl sites for hydroxylation is 1. The van der Waals surface area contributed by atoms with Gasteiger partial charge < -0.3 is 5.11 Å². The summed E-state index contributed by atoms with van der Waals surface area (Å²) in [6, 6.07) is 5.29. The second kappa shape index (κ2) is 5.36. The number of fused-ring (bicyclic) bond motifs is 1. The Morgan fingerprint density at radius 3 is 2.82 bits per heavy atom. The van der Waals surface area contributed by atoms with Crippen LogP contribution in [0.1, 0.15) is 21.7 Å². The third kappa shape index (κ3) is 2.56. The zero-order chi connectivity index (χ0) is 15.7. The summed E-state index contributed by atoms with van der Waals surface area (Å²) in [6.07, 6.45) is 4.91. The van der Waals surface area contributed by atoms with Crippen LogP contribution in [0.15, 0.2) is 30.5 Å². The Labute approximate surface area is 124 Å². The number of aromatic nitrogens is 4. The predicted octanol–water partition coefficient (Wildman–Crippen LogP) is 2.37. The van der Waals surface area contributed by atoms with Gasteiger partial charge in [-0.1, -0.05) is 5.21 Å². The normalized spacial score (nSPS) is 11.4. The first-order chi connectivity index (χ1) is 10.5. The van der Waals surface area contributed by atoms with Crippen LogP contribution in [0.2, 0.25) is 0 Å². The second-order valence-corrected chi connectivity index (χ2v) is 4.68. The monoisotopic (exact) mass is 298 g/mol. The van der Waals surface area contributed by atoms with Crippen molar-refractivity contribution in [1.82, 2.24) is 20.0 Å². The summed E-state index contributed by atoms with van der Waals surface area (Å²) >= 11 is 0. The fourth-order valence-electron chi connectivity index (χ4n) is 2.10. The lowest BCUT2D eigenvalue weighted by Crippen LogP contribution is -2.00. The minimum atomic E-state index is -1.09. The van der Waals surface area contributed by atoms with E-state index >= 15 is 0 Å². The molecule has 1 N–H and O–H groups in total. The zero-order valence-electron chi connectivity index (χ0n) is 11.6. The van der Waals surface area contributed by atoms with E-state index in [1.54, 1.807) is 30.1 Å². The number of carboxylic acids is 1. The van der Waals surface area contributed by atoms with Gasteiger partial charge in [-0.2, -0.15) is 0 Å². The number of rotatable bonds is 3. The predicted molar refractivity (Wildman–Crippen MR) is 78.6 cm³/mol. The fraction of sp³-hybridized carbons (Fsp3) is 0.0667. The number of hydrogen-bond acceptors (Lipinski definition) is 4. The van der Waals surface area contributed by atoms with Crippen LogP contribution >= 0.6 is 0 Å². The first kappa shape index (κ1) is 13.9. The van der Waals surface area contributed by atoms with Crippen molar-refractivity contribution in [3.63, 3.8) is 0 Å². The molecule has 2 aromatic heterocycles. The van der Waals surface area contributed by atoms with Crippen molar-refractivity contribution >= 4 is 29.0 Å². The molecule has 0 atom stereocenters. The molecule has 0 fully saturated rings. The second-order valence-electron chi connectivity index (χ2n) is 4.68. The van der Waals surface area contributed by atoms with Crippen LogP contribution in [0.25, 0.3) is 23.1 Å². The molecular weight excluding hydrogens is 287 g/mol. The Hall–Kier alpha value is -3.09. The molecule has 2 heterocycles. The van der Waals surface area contributed by atoms with Gasteiger partial charge in [-0.3, -0.25) is 0 Å². The van der Waals surface area contributed by atoms with Gasteiger partial charge in [-0.05, 0) is 30.4 Å². The van der Waals surface area contributed by atoms with Crippen molar-refractivity contribution in [2.75, 3.05) is 0 Å². The quantitative estimate of drug-likeness (QED) is 0.803. The van der Waals surface area contributed by atoms with Gasteiger partial charge >= 0.3 is 5.97 Å². The van der Waals surface area contributed by atoms with Crippen LogP contribution < -0.4 is 0 Å². The fourth-order valence-corrected chi connectivity index (χ4v) is 2.10. The third-order valence-electron chi connectivity index (χ3n) is 3.20. The highest BCUT2D eigenvalue weighted by Gasteiger charge is 2.11. The molecular formula is C15H11FN4O2. The van der Waals surface area contributed by atoms with Crippen LogP contribution in [0.3, 0.4) is 0 Å². The minimum absolute atomic E-state index is 0.0766. The summed E-state index contributed by atoms with van der Waals surface area (Å²) in [6.45, 7) is 0. The molecule has 3 aromatic rings. The van der Waals surface area contributed by atoms with Crippen molar-refractivity contribution < 1.29 is 14.3 Å². The molecule has 0 amide bonds. The van der Waals surface area contributed by atoms with Crippen molar-refractivity contribution in [2.24, 2.45) is 7.05 Å². The van der Waals surface area contributed by atoms with E-state index in [0.717, 1.165) is 5.69 Å². The lowest BCUT2D eigenvalue weighted by atomic mass is 10.1. The van der Waals surface area contributed by atoms with Gasteiger partial charge in [0.1, 0.15) is 5.82 Å². The van der Waals surface area contributed by atoms with Gasteiger partial charge in [-0.25, -0.2) is 18.9 Å². The lowest BCUT2D eigenvalue weighted by Gasteiger charge is -2.04. The summed E-state index contributed by atoms with van der Waals surface area (Å²) in [4.78, 5) is 15.6. The number of halogens is 1. The molecule has 0 aliphatic heterocycles. The molecule has 0 saturated carbocycles. The average Bonchev–Trinajstić information content (AvgIpc) is 2.89. The molecule has 0 aliphatic rings. The van der Waals surface area contributed by atoms with Gasteiger partial charge in [0, 0.05) is 18.5 Å². The smallest absolute Gasteiger partial charge is 0.336 e. The van der Waals surface area contributed by atoms with Crippen molar-refractivity contribution in [2.45, 2.75) is 0 Å². The number of nitrogens with zero attached hydrogens (tertiary/aromatic N) is 4. The lowest BCUT2D eigenvalue weighted by molar-refractivity contribution is 0.0699. The summed E-state index contributed by atoms with van der Waals surface area (Å²) in [5.41, 5.74) is 1.52. The Kier molecular flexibility index (Phi) is 3.38. The molecule has 0 saturated heterocycles. The van der Waals surface area contributed by atoms with Gasteiger partial charge in [0.2, 0.25) is 0 Å². The standard InChI is InChI=1S/C15H11FN4O2/c1-20-11(8-17-19-20)4-3-10-7-13(15(21)22)12-5-2-9(16)6-14(12)18-10/h2-8H,1H3,(H,21,22)/b4-3+. The Morgan fingerprint density at radius 1 is 1.32 bits per heavy atom.